The zero-order valence-corrected chi connectivity index (χ0v) is 10.0. The molecule has 2 nitrogen and oxygen atoms in total. The first-order chi connectivity index (χ1) is 7.38. The SMILES string of the molecule is Cl.N#CC[C@@H](N)c1cccc(C(F)(F)F)c1Cl. The van der Waals surface area contributed by atoms with E-state index >= 15 is 0 Å². The van der Waals surface area contributed by atoms with Crippen molar-refractivity contribution >= 4 is 24.0 Å². The number of nitriles is 1. The van der Waals surface area contributed by atoms with Gasteiger partial charge in [-0.2, -0.15) is 18.4 Å². The van der Waals surface area contributed by atoms with Crippen molar-refractivity contribution in [2.24, 2.45) is 5.73 Å². The van der Waals surface area contributed by atoms with Gasteiger partial charge >= 0.3 is 6.18 Å². The summed E-state index contributed by atoms with van der Waals surface area (Å²) in [6.45, 7) is 0. The highest BCUT2D eigenvalue weighted by Crippen LogP contribution is 2.37. The number of hydrogen-bond donors (Lipinski definition) is 1. The highest BCUT2D eigenvalue weighted by atomic mass is 35.5. The van der Waals surface area contributed by atoms with E-state index < -0.39 is 22.8 Å². The molecule has 0 aromatic heterocycles. The van der Waals surface area contributed by atoms with Crippen LogP contribution in [0.5, 0.6) is 0 Å². The molecular formula is C10H9Cl2F3N2. The summed E-state index contributed by atoms with van der Waals surface area (Å²) < 4.78 is 37.5. The van der Waals surface area contributed by atoms with Crippen molar-refractivity contribution in [1.82, 2.24) is 0 Å². The first-order valence-electron chi connectivity index (χ1n) is 4.36. The van der Waals surface area contributed by atoms with Crippen LogP contribution in [-0.2, 0) is 6.18 Å². The van der Waals surface area contributed by atoms with Gasteiger partial charge in [0.05, 0.1) is 23.1 Å². The zero-order chi connectivity index (χ0) is 12.3. The zero-order valence-electron chi connectivity index (χ0n) is 8.46. The Hall–Kier alpha value is -0.960. The van der Waals surface area contributed by atoms with Gasteiger partial charge in [0.1, 0.15) is 0 Å². The molecule has 0 radical (unpaired) electrons. The molecule has 0 amide bonds. The Kier molecular flexibility index (Phi) is 5.76. The number of nitrogens with zero attached hydrogens (tertiary/aromatic N) is 1. The number of halogens is 5. The maximum absolute atomic E-state index is 12.5. The van der Waals surface area contributed by atoms with E-state index in [1.165, 1.54) is 12.1 Å². The summed E-state index contributed by atoms with van der Waals surface area (Å²) in [5, 5.41) is 7.99. The number of benzene rings is 1. The highest BCUT2D eigenvalue weighted by molar-refractivity contribution is 6.32. The minimum atomic E-state index is -4.51. The Morgan fingerprint density at radius 2 is 2.00 bits per heavy atom. The van der Waals surface area contributed by atoms with E-state index in [-0.39, 0.29) is 24.4 Å². The average Bonchev–Trinajstić information content (AvgIpc) is 2.16. The molecule has 0 spiro atoms. The van der Waals surface area contributed by atoms with E-state index in [2.05, 4.69) is 0 Å². The summed E-state index contributed by atoms with van der Waals surface area (Å²) in [7, 11) is 0. The second kappa shape index (κ2) is 6.10. The summed E-state index contributed by atoms with van der Waals surface area (Å²) in [5.74, 6) is 0. The molecule has 0 saturated heterocycles. The van der Waals surface area contributed by atoms with Crippen LogP contribution in [-0.4, -0.2) is 0 Å². The van der Waals surface area contributed by atoms with Crippen molar-refractivity contribution in [1.29, 1.82) is 5.26 Å². The standard InChI is InChI=1S/C10H8ClF3N2.ClH/c11-9-6(8(16)4-5-15)2-1-3-7(9)10(12,13)14;/h1-3,8H,4,16H2;1H/t8-;/m1./s1. The largest absolute Gasteiger partial charge is 0.417 e. The summed E-state index contributed by atoms with van der Waals surface area (Å²) >= 11 is 5.61. The molecule has 2 N–H and O–H groups in total. The van der Waals surface area contributed by atoms with Crippen LogP contribution in [0.15, 0.2) is 18.2 Å². The molecule has 0 aliphatic carbocycles. The normalized spacial score (nSPS) is 12.5. The molecule has 0 aliphatic rings. The van der Waals surface area contributed by atoms with Gasteiger partial charge in [-0.05, 0) is 11.6 Å². The van der Waals surface area contributed by atoms with E-state index in [0.29, 0.717) is 0 Å². The summed E-state index contributed by atoms with van der Waals surface area (Å²) in [5.41, 5.74) is 4.75. The Morgan fingerprint density at radius 1 is 1.41 bits per heavy atom. The van der Waals surface area contributed by atoms with E-state index in [4.69, 9.17) is 22.6 Å². The summed E-state index contributed by atoms with van der Waals surface area (Å²) in [4.78, 5) is 0. The maximum atomic E-state index is 12.5. The van der Waals surface area contributed by atoms with Gasteiger partial charge in [0.15, 0.2) is 0 Å². The third-order valence-electron chi connectivity index (χ3n) is 2.04. The first kappa shape index (κ1) is 16.0. The second-order valence-electron chi connectivity index (χ2n) is 3.18. The topological polar surface area (TPSA) is 49.8 Å². The lowest BCUT2D eigenvalue weighted by atomic mass is 10.0. The van der Waals surface area contributed by atoms with Gasteiger partial charge in [-0.3, -0.25) is 0 Å². The minimum absolute atomic E-state index is 0. The van der Waals surface area contributed by atoms with Crippen LogP contribution in [0, 0.1) is 11.3 Å². The fourth-order valence-corrected chi connectivity index (χ4v) is 1.64. The van der Waals surface area contributed by atoms with Gasteiger partial charge in [0, 0.05) is 6.04 Å². The number of rotatable bonds is 2. The monoisotopic (exact) mass is 284 g/mol. The molecule has 0 unspecified atom stereocenters. The van der Waals surface area contributed by atoms with Gasteiger partial charge in [0.2, 0.25) is 0 Å². The predicted octanol–water partition coefficient (Wildman–Crippen LogP) is 3.69. The smallest absolute Gasteiger partial charge is 0.323 e. The van der Waals surface area contributed by atoms with E-state index in [1.807, 2.05) is 0 Å². The Labute approximate surface area is 108 Å². The van der Waals surface area contributed by atoms with Gasteiger partial charge in [0.25, 0.3) is 0 Å². The molecule has 1 rings (SSSR count). The summed E-state index contributed by atoms with van der Waals surface area (Å²) in [6, 6.07) is 4.47. The van der Waals surface area contributed by atoms with Crippen LogP contribution in [0.4, 0.5) is 13.2 Å². The molecule has 0 fully saturated rings. The lowest BCUT2D eigenvalue weighted by Gasteiger charge is -2.15. The average molecular weight is 285 g/mol. The molecule has 1 aromatic rings. The molecule has 0 saturated carbocycles. The van der Waals surface area contributed by atoms with E-state index in [1.54, 1.807) is 6.07 Å². The fourth-order valence-electron chi connectivity index (χ4n) is 1.26. The van der Waals surface area contributed by atoms with Crippen LogP contribution in [0.3, 0.4) is 0 Å². The van der Waals surface area contributed by atoms with Gasteiger partial charge < -0.3 is 5.73 Å². The van der Waals surface area contributed by atoms with Gasteiger partial charge in [-0.25, -0.2) is 0 Å². The van der Waals surface area contributed by atoms with Crippen LogP contribution in [0.2, 0.25) is 5.02 Å². The van der Waals surface area contributed by atoms with Crippen LogP contribution in [0.1, 0.15) is 23.6 Å². The van der Waals surface area contributed by atoms with Crippen molar-refractivity contribution < 1.29 is 13.2 Å². The molecule has 94 valence electrons. The van der Waals surface area contributed by atoms with Crippen molar-refractivity contribution in [3.05, 3.63) is 34.3 Å². The van der Waals surface area contributed by atoms with Crippen molar-refractivity contribution in [2.75, 3.05) is 0 Å². The quantitative estimate of drug-likeness (QED) is 0.900. The second-order valence-corrected chi connectivity index (χ2v) is 3.55. The van der Waals surface area contributed by atoms with E-state index in [9.17, 15) is 13.2 Å². The molecule has 7 heteroatoms. The molecular weight excluding hydrogens is 276 g/mol. The van der Waals surface area contributed by atoms with Gasteiger partial charge in [-0.15, -0.1) is 12.4 Å². The number of alkyl halides is 3. The summed E-state index contributed by atoms with van der Waals surface area (Å²) in [6.07, 6.45) is -4.60. The lowest BCUT2D eigenvalue weighted by molar-refractivity contribution is -0.137. The molecule has 17 heavy (non-hydrogen) atoms. The first-order valence-corrected chi connectivity index (χ1v) is 4.74. The van der Waals surface area contributed by atoms with Crippen molar-refractivity contribution in [3.63, 3.8) is 0 Å². The van der Waals surface area contributed by atoms with Crippen LogP contribution in [0.25, 0.3) is 0 Å². The predicted molar refractivity (Wildman–Crippen MR) is 60.9 cm³/mol. The van der Waals surface area contributed by atoms with Crippen molar-refractivity contribution in [3.8, 4) is 6.07 Å². The third kappa shape index (κ3) is 3.77. The number of hydrogen-bond acceptors (Lipinski definition) is 2. The third-order valence-corrected chi connectivity index (χ3v) is 2.47. The molecule has 1 atom stereocenters. The van der Waals surface area contributed by atoms with Crippen LogP contribution >= 0.6 is 24.0 Å². The number of nitrogens with two attached hydrogens (primary N) is 1. The Morgan fingerprint density at radius 3 is 2.47 bits per heavy atom. The molecule has 1 aromatic carbocycles. The van der Waals surface area contributed by atoms with Crippen LogP contribution < -0.4 is 5.73 Å². The highest BCUT2D eigenvalue weighted by Gasteiger charge is 2.34. The van der Waals surface area contributed by atoms with E-state index in [0.717, 1.165) is 6.07 Å². The van der Waals surface area contributed by atoms with Crippen molar-refractivity contribution in [2.45, 2.75) is 18.6 Å². The Bertz CT molecular complexity index is 427. The van der Waals surface area contributed by atoms with Gasteiger partial charge in [-0.1, -0.05) is 23.7 Å². The maximum Gasteiger partial charge on any atom is 0.417 e. The lowest BCUT2D eigenvalue weighted by Crippen LogP contribution is -2.13. The molecule has 0 aliphatic heterocycles. The molecule has 0 heterocycles. The molecule has 0 bridgehead atoms. The fraction of sp³-hybridized carbons (Fsp3) is 0.300. The minimum Gasteiger partial charge on any atom is -0.323 e. The Balaban J connectivity index is 0.00000256.